The molecule has 0 spiro atoms. The maximum absolute atomic E-state index is 12.0. The van der Waals surface area contributed by atoms with Gasteiger partial charge in [-0.1, -0.05) is 6.42 Å². The van der Waals surface area contributed by atoms with Gasteiger partial charge in [0.2, 0.25) is 0 Å². The molecule has 1 aliphatic carbocycles. The highest BCUT2D eigenvalue weighted by Gasteiger charge is 2.23. The average molecular weight is 384 g/mol. The van der Waals surface area contributed by atoms with Crippen LogP contribution in [0.25, 0.3) is 0 Å². The number of carbonyl (C=O) groups is 2. The molecule has 148 valence electrons. The fourth-order valence-electron chi connectivity index (χ4n) is 3.30. The van der Waals surface area contributed by atoms with Gasteiger partial charge in [-0.2, -0.15) is 0 Å². The standard InChI is InChI=1S/C18H24N8O2/c27-17(25-15-11-19-4-6-21-15)23-9-13-2-1-3-14(8-13)10-24-18(28)26-16-12-20-5-7-22-16/h4-7,11-14H,1-3,8-10H2,(H2,21,23,25,27)(H2,22,24,26,28)/t13-,14-/m1/s1. The van der Waals surface area contributed by atoms with Crippen molar-refractivity contribution in [1.29, 1.82) is 0 Å². The second-order valence-corrected chi connectivity index (χ2v) is 6.75. The summed E-state index contributed by atoms with van der Waals surface area (Å²) in [4.78, 5) is 39.7. The largest absolute Gasteiger partial charge is 0.338 e. The van der Waals surface area contributed by atoms with Crippen LogP contribution in [0, 0.1) is 11.8 Å². The summed E-state index contributed by atoms with van der Waals surface area (Å²) in [6.45, 7) is 1.18. The molecule has 4 amide bonds. The molecule has 10 nitrogen and oxygen atoms in total. The van der Waals surface area contributed by atoms with Crippen molar-refractivity contribution in [3.8, 4) is 0 Å². The van der Waals surface area contributed by atoms with Crippen LogP contribution in [-0.4, -0.2) is 45.1 Å². The first-order chi connectivity index (χ1) is 13.7. The van der Waals surface area contributed by atoms with Crippen molar-refractivity contribution >= 4 is 23.7 Å². The maximum Gasteiger partial charge on any atom is 0.320 e. The Kier molecular flexibility index (Phi) is 7.05. The average Bonchev–Trinajstić information content (AvgIpc) is 2.73. The van der Waals surface area contributed by atoms with E-state index in [-0.39, 0.29) is 12.1 Å². The van der Waals surface area contributed by atoms with Crippen molar-refractivity contribution in [3.63, 3.8) is 0 Å². The van der Waals surface area contributed by atoms with Gasteiger partial charge >= 0.3 is 12.1 Å². The molecular formula is C18H24N8O2. The molecule has 2 heterocycles. The molecule has 0 aliphatic heterocycles. The van der Waals surface area contributed by atoms with Crippen molar-refractivity contribution in [3.05, 3.63) is 37.2 Å². The van der Waals surface area contributed by atoms with Crippen LogP contribution < -0.4 is 21.3 Å². The number of amides is 4. The molecule has 0 saturated heterocycles. The van der Waals surface area contributed by atoms with Crippen LogP contribution in [0.5, 0.6) is 0 Å². The van der Waals surface area contributed by atoms with Gasteiger partial charge in [-0.05, 0) is 31.1 Å². The predicted octanol–water partition coefficient (Wildman–Crippen LogP) is 2.02. The molecule has 4 N–H and O–H groups in total. The van der Waals surface area contributed by atoms with Crippen LogP contribution in [-0.2, 0) is 0 Å². The van der Waals surface area contributed by atoms with Crippen LogP contribution in [0.2, 0.25) is 0 Å². The number of nitrogens with zero attached hydrogens (tertiary/aromatic N) is 4. The second-order valence-electron chi connectivity index (χ2n) is 6.75. The molecule has 3 rings (SSSR count). The Bertz CT molecular complexity index is 695. The normalized spacial score (nSPS) is 18.7. The Labute approximate surface area is 163 Å². The Morgan fingerprint density at radius 3 is 1.75 bits per heavy atom. The van der Waals surface area contributed by atoms with E-state index in [0.717, 1.165) is 25.7 Å². The minimum atomic E-state index is -0.288. The zero-order valence-corrected chi connectivity index (χ0v) is 15.5. The van der Waals surface area contributed by atoms with Crippen LogP contribution in [0.1, 0.15) is 25.7 Å². The van der Waals surface area contributed by atoms with E-state index in [9.17, 15) is 9.59 Å². The highest BCUT2D eigenvalue weighted by molar-refractivity contribution is 5.88. The zero-order valence-electron chi connectivity index (χ0n) is 15.5. The maximum atomic E-state index is 12.0. The number of rotatable bonds is 6. The summed E-state index contributed by atoms with van der Waals surface area (Å²) in [5.41, 5.74) is 0. The summed E-state index contributed by atoms with van der Waals surface area (Å²) in [6.07, 6.45) is 13.3. The highest BCUT2D eigenvalue weighted by atomic mass is 16.2. The summed E-state index contributed by atoms with van der Waals surface area (Å²) in [5, 5.41) is 11.1. The molecule has 2 atom stereocenters. The lowest BCUT2D eigenvalue weighted by Gasteiger charge is -2.29. The number of urea groups is 2. The SMILES string of the molecule is O=C(NC[C@@H]1CCC[C@@H](CNC(=O)Nc2cnccn2)C1)Nc1cnccn1. The van der Waals surface area contributed by atoms with Crippen molar-refractivity contribution in [2.75, 3.05) is 23.7 Å². The van der Waals surface area contributed by atoms with E-state index in [0.29, 0.717) is 36.6 Å². The lowest BCUT2D eigenvalue weighted by molar-refractivity contribution is 0.230. The molecule has 0 radical (unpaired) electrons. The summed E-state index contributed by atoms with van der Waals surface area (Å²) in [5.74, 6) is 1.60. The fraction of sp³-hybridized carbons (Fsp3) is 0.444. The van der Waals surface area contributed by atoms with E-state index in [1.54, 1.807) is 12.4 Å². The molecule has 0 bridgehead atoms. The van der Waals surface area contributed by atoms with Crippen LogP contribution in [0.15, 0.2) is 37.2 Å². The van der Waals surface area contributed by atoms with Crippen molar-refractivity contribution in [2.24, 2.45) is 11.8 Å². The summed E-state index contributed by atoms with van der Waals surface area (Å²) < 4.78 is 0. The van der Waals surface area contributed by atoms with Gasteiger partial charge < -0.3 is 10.6 Å². The zero-order chi connectivity index (χ0) is 19.6. The van der Waals surface area contributed by atoms with E-state index in [4.69, 9.17) is 0 Å². The summed E-state index contributed by atoms with van der Waals surface area (Å²) in [7, 11) is 0. The molecule has 0 unspecified atom stereocenters. The molecule has 1 saturated carbocycles. The van der Waals surface area contributed by atoms with E-state index in [1.807, 2.05) is 0 Å². The third-order valence-corrected chi connectivity index (χ3v) is 4.60. The smallest absolute Gasteiger partial charge is 0.320 e. The second kappa shape index (κ2) is 10.1. The van der Waals surface area contributed by atoms with E-state index >= 15 is 0 Å². The molecule has 0 aromatic carbocycles. The Balaban J connectivity index is 1.35. The monoisotopic (exact) mass is 384 g/mol. The quantitative estimate of drug-likeness (QED) is 0.602. The van der Waals surface area contributed by atoms with Gasteiger partial charge in [0.05, 0.1) is 12.4 Å². The third kappa shape index (κ3) is 6.45. The minimum Gasteiger partial charge on any atom is -0.338 e. The molecule has 1 aliphatic rings. The van der Waals surface area contributed by atoms with Gasteiger partial charge in [0.25, 0.3) is 0 Å². The molecular weight excluding hydrogens is 360 g/mol. The van der Waals surface area contributed by atoms with E-state index in [1.165, 1.54) is 24.8 Å². The number of carbonyl (C=O) groups excluding carboxylic acids is 2. The lowest BCUT2D eigenvalue weighted by atomic mass is 9.81. The van der Waals surface area contributed by atoms with Gasteiger partial charge in [-0.25, -0.2) is 19.6 Å². The van der Waals surface area contributed by atoms with Crippen LogP contribution in [0.4, 0.5) is 21.2 Å². The molecule has 28 heavy (non-hydrogen) atoms. The van der Waals surface area contributed by atoms with Crippen molar-refractivity contribution in [1.82, 2.24) is 30.6 Å². The van der Waals surface area contributed by atoms with Crippen LogP contribution >= 0.6 is 0 Å². The summed E-state index contributed by atoms with van der Waals surface area (Å²) >= 11 is 0. The van der Waals surface area contributed by atoms with Gasteiger partial charge in [-0.3, -0.25) is 20.6 Å². The fourth-order valence-corrected chi connectivity index (χ4v) is 3.30. The number of nitrogens with one attached hydrogen (secondary N) is 4. The van der Waals surface area contributed by atoms with E-state index < -0.39 is 0 Å². The Hall–Kier alpha value is -3.30. The number of hydrogen-bond acceptors (Lipinski definition) is 6. The van der Waals surface area contributed by atoms with Gasteiger partial charge in [0.1, 0.15) is 0 Å². The Morgan fingerprint density at radius 1 is 0.821 bits per heavy atom. The third-order valence-electron chi connectivity index (χ3n) is 4.60. The first-order valence-electron chi connectivity index (χ1n) is 9.31. The molecule has 10 heteroatoms. The lowest BCUT2D eigenvalue weighted by Crippen LogP contribution is -2.38. The molecule has 2 aromatic rings. The van der Waals surface area contributed by atoms with Gasteiger partial charge in [-0.15, -0.1) is 0 Å². The Morgan fingerprint density at radius 2 is 1.32 bits per heavy atom. The number of anilines is 2. The number of hydrogen-bond donors (Lipinski definition) is 4. The first kappa shape index (κ1) is 19.5. The first-order valence-corrected chi connectivity index (χ1v) is 9.31. The number of aromatic nitrogens is 4. The van der Waals surface area contributed by atoms with Crippen LogP contribution in [0.3, 0.4) is 0 Å². The topological polar surface area (TPSA) is 134 Å². The molecule has 2 aromatic heterocycles. The van der Waals surface area contributed by atoms with Crippen molar-refractivity contribution in [2.45, 2.75) is 25.7 Å². The highest BCUT2D eigenvalue weighted by Crippen LogP contribution is 2.28. The van der Waals surface area contributed by atoms with Gasteiger partial charge in [0.15, 0.2) is 11.6 Å². The van der Waals surface area contributed by atoms with Gasteiger partial charge in [0, 0.05) is 37.9 Å². The van der Waals surface area contributed by atoms with Crippen molar-refractivity contribution < 1.29 is 9.59 Å². The van der Waals surface area contributed by atoms with E-state index in [2.05, 4.69) is 41.2 Å². The molecule has 1 fully saturated rings. The predicted molar refractivity (Wildman–Crippen MR) is 104 cm³/mol. The minimum absolute atomic E-state index is 0.288. The summed E-state index contributed by atoms with van der Waals surface area (Å²) in [6, 6.07) is -0.576.